The van der Waals surface area contributed by atoms with E-state index in [9.17, 15) is 0 Å². The van der Waals surface area contributed by atoms with E-state index in [1.165, 1.54) is 32.1 Å². The number of benzene rings is 3. The zero-order chi connectivity index (χ0) is 17.0. The lowest BCUT2D eigenvalue weighted by Gasteiger charge is -2.42. The summed E-state index contributed by atoms with van der Waals surface area (Å²) >= 11 is 0. The third-order valence-corrected chi connectivity index (χ3v) is 11.4. The summed E-state index contributed by atoms with van der Waals surface area (Å²) in [6.07, 6.45) is 6.90. The molecule has 4 rings (SSSR count). The van der Waals surface area contributed by atoms with E-state index in [2.05, 4.69) is 91.0 Å². The van der Waals surface area contributed by atoms with Crippen LogP contribution in [0.4, 0.5) is 0 Å². The molecule has 25 heavy (non-hydrogen) atoms. The highest BCUT2D eigenvalue weighted by molar-refractivity contribution is 7.12. The van der Waals surface area contributed by atoms with Gasteiger partial charge in [-0.2, -0.15) is 0 Å². The van der Waals surface area contributed by atoms with E-state index in [1.54, 1.807) is 15.6 Å². The second kappa shape index (κ2) is 7.41. The summed E-state index contributed by atoms with van der Waals surface area (Å²) < 4.78 is 0. The molecule has 126 valence electrons. The van der Waals surface area contributed by atoms with Crippen molar-refractivity contribution in [3.05, 3.63) is 91.0 Å². The van der Waals surface area contributed by atoms with Gasteiger partial charge in [0.2, 0.25) is 0 Å². The minimum absolute atomic E-state index is 0.786. The molecule has 0 spiro atoms. The molecular weight excluding hydrogens is 316 g/mol. The summed E-state index contributed by atoms with van der Waals surface area (Å²) in [5.74, 6) is 0. The third-order valence-electron chi connectivity index (χ3n) is 5.90. The Labute approximate surface area is 152 Å². The zero-order valence-corrected chi connectivity index (χ0v) is 15.8. The summed E-state index contributed by atoms with van der Waals surface area (Å²) in [7, 11) is -2.02. The molecule has 1 fully saturated rings. The van der Waals surface area contributed by atoms with Crippen LogP contribution in [0.2, 0.25) is 5.54 Å². The van der Waals surface area contributed by atoms with Gasteiger partial charge in [0.05, 0.1) is 0 Å². The maximum Gasteiger partial charge on any atom is 0.151 e. The minimum Gasteiger partial charge on any atom is -0.0624 e. The highest BCUT2D eigenvalue weighted by Crippen LogP contribution is 2.36. The van der Waals surface area contributed by atoms with Crippen LogP contribution in [-0.2, 0) is 0 Å². The van der Waals surface area contributed by atoms with Gasteiger partial charge in [-0.15, -0.1) is 0 Å². The van der Waals surface area contributed by atoms with E-state index in [4.69, 9.17) is 0 Å². The van der Waals surface area contributed by atoms with Crippen molar-refractivity contribution >= 4 is 23.6 Å². The summed E-state index contributed by atoms with van der Waals surface area (Å²) in [5.41, 5.74) is 0.786. The van der Waals surface area contributed by atoms with Crippen LogP contribution in [0.1, 0.15) is 32.1 Å². The summed E-state index contributed by atoms with van der Waals surface area (Å²) in [6, 6.07) is 34.2. The summed E-state index contributed by atoms with van der Waals surface area (Å²) in [5, 5.41) is 4.71. The Morgan fingerprint density at radius 2 is 0.840 bits per heavy atom. The molecule has 0 atom stereocenters. The largest absolute Gasteiger partial charge is 0.151 e. The SMILES string of the molecule is c1ccc([Si](c2ccccc2)(c2ccccc2)C2CCCCC2)cc1. The van der Waals surface area contributed by atoms with Crippen LogP contribution in [0, 0.1) is 0 Å². The lowest BCUT2D eigenvalue weighted by atomic mass is 10.0. The fourth-order valence-corrected chi connectivity index (χ4v) is 10.7. The van der Waals surface area contributed by atoms with Gasteiger partial charge >= 0.3 is 0 Å². The smallest absolute Gasteiger partial charge is 0.0624 e. The van der Waals surface area contributed by atoms with E-state index in [1.807, 2.05) is 0 Å². The Bertz CT molecular complexity index is 677. The first kappa shape index (κ1) is 16.4. The molecule has 0 bridgehead atoms. The van der Waals surface area contributed by atoms with Crippen molar-refractivity contribution in [3.63, 3.8) is 0 Å². The summed E-state index contributed by atoms with van der Waals surface area (Å²) in [6.45, 7) is 0. The molecule has 0 heterocycles. The van der Waals surface area contributed by atoms with Gasteiger partial charge < -0.3 is 0 Å². The first-order chi connectivity index (χ1) is 12.4. The molecule has 1 saturated carbocycles. The van der Waals surface area contributed by atoms with Crippen LogP contribution in [0.5, 0.6) is 0 Å². The van der Waals surface area contributed by atoms with Crippen LogP contribution in [0.15, 0.2) is 91.0 Å². The molecule has 3 aromatic carbocycles. The average Bonchev–Trinajstić information content (AvgIpc) is 2.72. The van der Waals surface area contributed by atoms with Crippen LogP contribution in [0.25, 0.3) is 0 Å². The average molecular weight is 343 g/mol. The topological polar surface area (TPSA) is 0 Å². The quantitative estimate of drug-likeness (QED) is 0.484. The standard InChI is InChI=1S/C24H26Si/c1-5-13-21(14-6-1)25(22-15-7-2-8-16-22,23-17-9-3-10-18-23)24-19-11-4-12-20-24/h1-3,5-10,13-18,24H,4,11-12,19-20H2. The maximum absolute atomic E-state index is 2.39. The highest BCUT2D eigenvalue weighted by atomic mass is 28.3. The molecule has 0 radical (unpaired) electrons. The Balaban J connectivity index is 2.01. The van der Waals surface area contributed by atoms with Gasteiger partial charge in [0.15, 0.2) is 8.07 Å². The first-order valence-corrected chi connectivity index (χ1v) is 11.7. The monoisotopic (exact) mass is 342 g/mol. The molecule has 0 amide bonds. The van der Waals surface area contributed by atoms with Crippen molar-refractivity contribution in [2.24, 2.45) is 0 Å². The number of hydrogen-bond donors (Lipinski definition) is 0. The van der Waals surface area contributed by atoms with Crippen molar-refractivity contribution in [2.45, 2.75) is 37.6 Å². The van der Waals surface area contributed by atoms with Crippen molar-refractivity contribution in [1.82, 2.24) is 0 Å². The van der Waals surface area contributed by atoms with Crippen LogP contribution in [-0.4, -0.2) is 8.07 Å². The Morgan fingerprint density at radius 3 is 1.20 bits per heavy atom. The predicted octanol–water partition coefficient (Wildman–Crippen LogP) is 4.49. The van der Waals surface area contributed by atoms with E-state index in [0.29, 0.717) is 0 Å². The Morgan fingerprint density at radius 1 is 0.480 bits per heavy atom. The number of hydrogen-bond acceptors (Lipinski definition) is 0. The molecule has 1 aliphatic rings. The second-order valence-electron chi connectivity index (χ2n) is 7.24. The van der Waals surface area contributed by atoms with E-state index in [0.717, 1.165) is 5.54 Å². The van der Waals surface area contributed by atoms with Crippen molar-refractivity contribution < 1.29 is 0 Å². The van der Waals surface area contributed by atoms with Gasteiger partial charge in [-0.3, -0.25) is 0 Å². The molecule has 0 aliphatic heterocycles. The fraction of sp³-hybridized carbons (Fsp3) is 0.250. The van der Waals surface area contributed by atoms with Gasteiger partial charge in [-0.25, -0.2) is 0 Å². The molecule has 3 aromatic rings. The van der Waals surface area contributed by atoms with Gasteiger partial charge in [-0.05, 0) is 21.1 Å². The van der Waals surface area contributed by atoms with Gasteiger partial charge in [0, 0.05) is 0 Å². The first-order valence-electron chi connectivity index (χ1n) is 9.59. The third kappa shape index (κ3) is 2.98. The molecule has 0 aromatic heterocycles. The van der Waals surface area contributed by atoms with E-state index < -0.39 is 8.07 Å². The maximum atomic E-state index is 2.39. The Hall–Kier alpha value is -2.12. The van der Waals surface area contributed by atoms with E-state index >= 15 is 0 Å². The number of rotatable bonds is 4. The lowest BCUT2D eigenvalue weighted by molar-refractivity contribution is 0.497. The van der Waals surface area contributed by atoms with Crippen molar-refractivity contribution in [1.29, 1.82) is 0 Å². The van der Waals surface area contributed by atoms with Crippen LogP contribution in [0.3, 0.4) is 0 Å². The fourth-order valence-electron chi connectivity index (χ4n) is 4.85. The highest BCUT2D eigenvalue weighted by Gasteiger charge is 2.46. The lowest BCUT2D eigenvalue weighted by Crippen LogP contribution is -2.70. The summed E-state index contributed by atoms with van der Waals surface area (Å²) in [4.78, 5) is 0. The molecule has 0 saturated heterocycles. The molecule has 0 N–H and O–H groups in total. The molecule has 1 heteroatoms. The predicted molar refractivity (Wildman–Crippen MR) is 111 cm³/mol. The van der Waals surface area contributed by atoms with Crippen molar-refractivity contribution in [3.8, 4) is 0 Å². The van der Waals surface area contributed by atoms with Crippen molar-refractivity contribution in [2.75, 3.05) is 0 Å². The molecule has 1 aliphatic carbocycles. The normalized spacial score (nSPS) is 15.8. The molecule has 0 unspecified atom stereocenters. The minimum atomic E-state index is -2.02. The van der Waals surface area contributed by atoms with E-state index in [-0.39, 0.29) is 0 Å². The zero-order valence-electron chi connectivity index (χ0n) is 14.8. The van der Waals surface area contributed by atoms with Gasteiger partial charge in [0.1, 0.15) is 0 Å². The second-order valence-corrected chi connectivity index (χ2v) is 11.4. The molecule has 0 nitrogen and oxygen atoms in total. The van der Waals surface area contributed by atoms with Crippen LogP contribution < -0.4 is 15.6 Å². The van der Waals surface area contributed by atoms with Gasteiger partial charge in [-0.1, -0.05) is 123 Å². The molecular formula is C24H26Si. The van der Waals surface area contributed by atoms with Crippen LogP contribution >= 0.6 is 0 Å². The van der Waals surface area contributed by atoms with Gasteiger partial charge in [0.25, 0.3) is 0 Å². The Kier molecular flexibility index (Phi) is 4.84.